The lowest BCUT2D eigenvalue weighted by atomic mass is 9.86. The summed E-state index contributed by atoms with van der Waals surface area (Å²) in [5.41, 5.74) is 2.39. The van der Waals surface area contributed by atoms with Gasteiger partial charge in [0.2, 0.25) is 5.16 Å². The Labute approximate surface area is 179 Å². The molecular weight excluding hydrogens is 422 g/mol. The highest BCUT2D eigenvalue weighted by molar-refractivity contribution is 7.98. The number of thiophene rings is 1. The van der Waals surface area contributed by atoms with E-state index >= 15 is 0 Å². The van der Waals surface area contributed by atoms with Crippen LogP contribution in [0.5, 0.6) is 0 Å². The number of nitro groups is 1. The highest BCUT2D eigenvalue weighted by atomic mass is 32.2. The van der Waals surface area contributed by atoms with Crippen molar-refractivity contribution in [2.45, 2.75) is 29.7 Å². The predicted molar refractivity (Wildman–Crippen MR) is 113 cm³/mol. The van der Waals surface area contributed by atoms with Crippen LogP contribution in [0.4, 0.5) is 5.69 Å². The third-order valence-electron chi connectivity index (χ3n) is 5.02. The van der Waals surface area contributed by atoms with E-state index in [4.69, 9.17) is 0 Å². The summed E-state index contributed by atoms with van der Waals surface area (Å²) in [6.07, 6.45) is 2.93. The fourth-order valence-electron chi connectivity index (χ4n) is 3.51. The molecule has 1 unspecified atom stereocenters. The van der Waals surface area contributed by atoms with Crippen LogP contribution in [0.25, 0.3) is 5.78 Å². The van der Waals surface area contributed by atoms with E-state index in [0.29, 0.717) is 28.7 Å². The van der Waals surface area contributed by atoms with Gasteiger partial charge in [-0.25, -0.2) is 9.50 Å². The third-order valence-corrected chi connectivity index (χ3v) is 6.97. The van der Waals surface area contributed by atoms with Crippen LogP contribution in [-0.4, -0.2) is 30.3 Å². The van der Waals surface area contributed by atoms with Gasteiger partial charge >= 0.3 is 0 Å². The van der Waals surface area contributed by atoms with E-state index in [-0.39, 0.29) is 17.4 Å². The summed E-state index contributed by atoms with van der Waals surface area (Å²) >= 11 is 3.09. The molecule has 1 aromatic carbocycles. The monoisotopic (exact) mass is 437 g/mol. The lowest BCUT2D eigenvalue weighted by Crippen LogP contribution is -2.20. The molecule has 1 atom stereocenters. The molecule has 0 saturated heterocycles. The summed E-state index contributed by atoms with van der Waals surface area (Å²) in [6, 6.07) is 10.5. The molecule has 1 aliphatic rings. The summed E-state index contributed by atoms with van der Waals surface area (Å²) < 4.78 is 1.56. The number of nitrogens with zero attached hydrogens (tertiary/aromatic N) is 5. The van der Waals surface area contributed by atoms with E-state index in [1.165, 1.54) is 28.8 Å². The van der Waals surface area contributed by atoms with E-state index in [0.717, 1.165) is 17.7 Å². The molecule has 0 saturated carbocycles. The molecule has 3 aromatic heterocycles. The normalized spacial score (nSPS) is 16.0. The van der Waals surface area contributed by atoms with Gasteiger partial charge in [0.1, 0.15) is 0 Å². The van der Waals surface area contributed by atoms with Gasteiger partial charge in [0.15, 0.2) is 5.78 Å². The maximum Gasteiger partial charge on any atom is 0.269 e. The van der Waals surface area contributed by atoms with Crippen molar-refractivity contribution in [3.63, 3.8) is 0 Å². The Kier molecular flexibility index (Phi) is 4.80. The maximum absolute atomic E-state index is 12.7. The van der Waals surface area contributed by atoms with E-state index < -0.39 is 4.92 Å². The van der Waals surface area contributed by atoms with Gasteiger partial charge in [0.05, 0.1) is 16.2 Å². The summed E-state index contributed by atoms with van der Waals surface area (Å²) in [5.74, 6) is 1.30. The first-order chi connectivity index (χ1) is 14.6. The number of ketones is 1. The lowest BCUT2D eigenvalue weighted by molar-refractivity contribution is -0.384. The molecule has 0 radical (unpaired) electrons. The van der Waals surface area contributed by atoms with Crippen LogP contribution >= 0.6 is 23.1 Å². The smallest absolute Gasteiger partial charge is 0.269 e. The van der Waals surface area contributed by atoms with Crippen LogP contribution < -0.4 is 0 Å². The van der Waals surface area contributed by atoms with E-state index in [9.17, 15) is 14.9 Å². The van der Waals surface area contributed by atoms with E-state index in [1.54, 1.807) is 34.2 Å². The first-order valence-corrected chi connectivity index (χ1v) is 11.1. The number of hydrogen-bond acceptors (Lipinski definition) is 8. The number of thioether (sulfide) groups is 1. The minimum atomic E-state index is -0.418. The summed E-state index contributed by atoms with van der Waals surface area (Å²) in [6.45, 7) is 0. The number of carbonyl (C=O) groups excluding carboxylic acids is 1. The molecule has 150 valence electrons. The first kappa shape index (κ1) is 18.9. The molecule has 30 heavy (non-hydrogen) atoms. The SMILES string of the molecule is O=C1CC(c2cccs2)Cc2nc3nc(SCc4ccc([N+](=O)[O-])cc4)nn3cc21. The highest BCUT2D eigenvalue weighted by Gasteiger charge is 2.29. The number of nitro benzene ring substituents is 1. The molecule has 0 aliphatic heterocycles. The standard InChI is InChI=1S/C20H15N5O3S2/c26-17-9-13(18-2-1-7-29-18)8-16-15(17)10-24-19(21-16)22-20(23-24)30-11-12-3-5-14(6-4-12)25(27)28/h1-7,10,13H,8-9,11H2. The molecule has 3 heterocycles. The van der Waals surface area contributed by atoms with Gasteiger partial charge in [-0.3, -0.25) is 14.9 Å². The van der Waals surface area contributed by atoms with Crippen molar-refractivity contribution in [2.75, 3.05) is 0 Å². The van der Waals surface area contributed by atoms with Crippen molar-refractivity contribution >= 4 is 40.3 Å². The number of aromatic nitrogens is 4. The number of carbonyl (C=O) groups is 1. The van der Waals surface area contributed by atoms with Crippen LogP contribution in [0.1, 0.15) is 38.8 Å². The Morgan fingerprint density at radius 3 is 2.77 bits per heavy atom. The minimum Gasteiger partial charge on any atom is -0.294 e. The summed E-state index contributed by atoms with van der Waals surface area (Å²) in [4.78, 5) is 33.3. The number of Topliss-reactive ketones (excluding diaryl/α,β-unsaturated/α-hetero) is 1. The van der Waals surface area contributed by atoms with Crippen LogP contribution in [0.15, 0.2) is 53.1 Å². The predicted octanol–water partition coefficient (Wildman–Crippen LogP) is 4.30. The molecule has 0 bridgehead atoms. The molecule has 4 aromatic rings. The number of fused-ring (bicyclic) bond motifs is 2. The second kappa shape index (κ2) is 7.62. The van der Waals surface area contributed by atoms with E-state index in [1.807, 2.05) is 11.4 Å². The maximum atomic E-state index is 12.7. The van der Waals surface area contributed by atoms with Gasteiger partial charge in [-0.2, -0.15) is 4.98 Å². The van der Waals surface area contributed by atoms with Crippen LogP contribution in [-0.2, 0) is 12.2 Å². The average Bonchev–Trinajstić information content (AvgIpc) is 3.40. The molecule has 0 N–H and O–H groups in total. The number of non-ortho nitro benzene ring substituents is 1. The molecule has 5 rings (SSSR count). The van der Waals surface area contributed by atoms with Crippen LogP contribution in [0.2, 0.25) is 0 Å². The topological polar surface area (TPSA) is 103 Å². The molecular formula is C20H15N5O3S2. The van der Waals surface area contributed by atoms with E-state index in [2.05, 4.69) is 21.1 Å². The Morgan fingerprint density at radius 1 is 1.20 bits per heavy atom. The second-order valence-electron chi connectivity index (χ2n) is 7.00. The minimum absolute atomic E-state index is 0.0647. The van der Waals surface area contributed by atoms with Crippen molar-refractivity contribution in [2.24, 2.45) is 0 Å². The molecule has 0 spiro atoms. The zero-order valence-electron chi connectivity index (χ0n) is 15.6. The highest BCUT2D eigenvalue weighted by Crippen LogP contribution is 2.34. The quantitative estimate of drug-likeness (QED) is 0.260. The number of hydrogen-bond donors (Lipinski definition) is 0. The van der Waals surface area contributed by atoms with Crippen molar-refractivity contribution in [3.05, 3.63) is 79.8 Å². The Hall–Kier alpha value is -3.11. The van der Waals surface area contributed by atoms with Gasteiger partial charge in [-0.1, -0.05) is 30.0 Å². The van der Waals surface area contributed by atoms with Gasteiger partial charge in [0, 0.05) is 41.3 Å². The van der Waals surface area contributed by atoms with Gasteiger partial charge in [0.25, 0.3) is 11.5 Å². The Morgan fingerprint density at radius 2 is 2.03 bits per heavy atom. The molecule has 0 fully saturated rings. The summed E-state index contributed by atoms with van der Waals surface area (Å²) in [7, 11) is 0. The second-order valence-corrected chi connectivity index (χ2v) is 8.92. The Balaban J connectivity index is 1.36. The molecule has 10 heteroatoms. The zero-order chi connectivity index (χ0) is 20.7. The van der Waals surface area contributed by atoms with Crippen molar-refractivity contribution in [1.82, 2.24) is 19.6 Å². The average molecular weight is 438 g/mol. The zero-order valence-corrected chi connectivity index (χ0v) is 17.2. The fraction of sp³-hybridized carbons (Fsp3) is 0.200. The van der Waals surface area contributed by atoms with Crippen molar-refractivity contribution in [1.29, 1.82) is 0 Å². The van der Waals surface area contributed by atoms with Crippen molar-refractivity contribution < 1.29 is 9.72 Å². The van der Waals surface area contributed by atoms with Gasteiger partial charge in [-0.05, 0) is 23.4 Å². The molecule has 1 aliphatic carbocycles. The fourth-order valence-corrected chi connectivity index (χ4v) is 5.12. The lowest BCUT2D eigenvalue weighted by Gasteiger charge is -2.21. The van der Waals surface area contributed by atoms with Crippen LogP contribution in [0.3, 0.4) is 0 Å². The third kappa shape index (κ3) is 3.59. The van der Waals surface area contributed by atoms with Crippen LogP contribution in [0, 0.1) is 10.1 Å². The first-order valence-electron chi connectivity index (χ1n) is 9.26. The van der Waals surface area contributed by atoms with Crippen molar-refractivity contribution in [3.8, 4) is 0 Å². The largest absolute Gasteiger partial charge is 0.294 e. The number of benzene rings is 1. The van der Waals surface area contributed by atoms with Gasteiger partial charge in [-0.15, -0.1) is 16.4 Å². The summed E-state index contributed by atoms with van der Waals surface area (Å²) in [5, 5.41) is 17.8. The van der Waals surface area contributed by atoms with Gasteiger partial charge < -0.3 is 0 Å². The molecule has 0 amide bonds. The molecule has 8 nitrogen and oxygen atoms in total. The number of rotatable bonds is 5. The Bertz CT molecular complexity index is 1250.